The average Bonchev–Trinajstić information content (AvgIpc) is 3.45. The van der Waals surface area contributed by atoms with Crippen molar-refractivity contribution in [1.29, 1.82) is 0 Å². The number of aromatic nitrogens is 1. The van der Waals surface area contributed by atoms with Gasteiger partial charge in [-0.15, -0.1) is 0 Å². The third kappa shape index (κ3) is 4.04. The van der Waals surface area contributed by atoms with Crippen LogP contribution in [-0.2, 0) is 0 Å². The van der Waals surface area contributed by atoms with E-state index in [2.05, 4.69) is 15.7 Å². The molecule has 1 aromatic carbocycles. The van der Waals surface area contributed by atoms with Gasteiger partial charge in [0.1, 0.15) is 5.69 Å². The molecular formula is C22H22N4O3S. The highest BCUT2D eigenvalue weighted by Gasteiger charge is 2.32. The number of benzene rings is 1. The van der Waals surface area contributed by atoms with Crippen molar-refractivity contribution < 1.29 is 9.72 Å². The number of nitro groups is 1. The summed E-state index contributed by atoms with van der Waals surface area (Å²) >= 11 is 1.61. The maximum atomic E-state index is 13.2. The van der Waals surface area contributed by atoms with Crippen molar-refractivity contribution in [1.82, 2.24) is 9.88 Å². The van der Waals surface area contributed by atoms with Crippen molar-refractivity contribution in [2.45, 2.75) is 31.8 Å². The maximum absolute atomic E-state index is 13.2. The molecule has 1 aliphatic heterocycles. The highest BCUT2D eigenvalue weighted by molar-refractivity contribution is 7.08. The summed E-state index contributed by atoms with van der Waals surface area (Å²) in [4.78, 5) is 30.5. The number of anilines is 1. The summed E-state index contributed by atoms with van der Waals surface area (Å²) in [6, 6.07) is 12.1. The Morgan fingerprint density at radius 1 is 1.33 bits per heavy atom. The van der Waals surface area contributed by atoms with E-state index in [0.29, 0.717) is 17.8 Å². The van der Waals surface area contributed by atoms with E-state index in [1.807, 2.05) is 41.5 Å². The van der Waals surface area contributed by atoms with Gasteiger partial charge in [-0.3, -0.25) is 19.9 Å². The van der Waals surface area contributed by atoms with Crippen LogP contribution in [0.5, 0.6) is 0 Å². The van der Waals surface area contributed by atoms with Gasteiger partial charge in [-0.1, -0.05) is 6.07 Å². The molecular weight excluding hydrogens is 400 g/mol. The van der Waals surface area contributed by atoms with E-state index >= 15 is 0 Å². The van der Waals surface area contributed by atoms with E-state index in [1.165, 1.54) is 6.07 Å². The van der Waals surface area contributed by atoms with E-state index in [9.17, 15) is 14.9 Å². The summed E-state index contributed by atoms with van der Waals surface area (Å²) in [6.45, 7) is 2.55. The first-order chi connectivity index (χ1) is 14.5. The predicted octanol–water partition coefficient (Wildman–Crippen LogP) is 5.20. The maximum Gasteiger partial charge on any atom is 0.293 e. The smallest absolute Gasteiger partial charge is 0.293 e. The number of nitrogens with one attached hydrogen (secondary N) is 1. The number of nitro benzene ring substituents is 1. The Labute approximate surface area is 178 Å². The Morgan fingerprint density at radius 2 is 2.20 bits per heavy atom. The molecule has 1 fully saturated rings. The van der Waals surface area contributed by atoms with Gasteiger partial charge in [0.2, 0.25) is 0 Å². The topological polar surface area (TPSA) is 88.4 Å². The van der Waals surface area contributed by atoms with Crippen LogP contribution in [0.1, 0.15) is 53.5 Å². The number of pyridine rings is 1. The lowest BCUT2D eigenvalue weighted by atomic mass is 10.1. The van der Waals surface area contributed by atoms with E-state index < -0.39 is 4.92 Å². The van der Waals surface area contributed by atoms with E-state index in [1.54, 1.807) is 29.7 Å². The third-order valence-electron chi connectivity index (χ3n) is 5.39. The van der Waals surface area contributed by atoms with Crippen LogP contribution in [0, 0.1) is 10.1 Å². The Bertz CT molecular complexity index is 1040. The fourth-order valence-electron chi connectivity index (χ4n) is 3.86. The van der Waals surface area contributed by atoms with Gasteiger partial charge in [0.15, 0.2) is 0 Å². The summed E-state index contributed by atoms with van der Waals surface area (Å²) in [6.07, 6.45) is 3.52. The quantitative estimate of drug-likeness (QED) is 0.436. The van der Waals surface area contributed by atoms with E-state index in [-0.39, 0.29) is 23.7 Å². The largest absolute Gasteiger partial charge is 0.371 e. The second-order valence-electron chi connectivity index (χ2n) is 7.32. The van der Waals surface area contributed by atoms with Gasteiger partial charge in [-0.2, -0.15) is 11.3 Å². The molecule has 3 aromatic rings. The number of hydrogen-bond donors (Lipinski definition) is 1. The van der Waals surface area contributed by atoms with E-state index in [4.69, 9.17) is 0 Å². The number of carbonyl (C=O) groups excluding carboxylic acids is 1. The van der Waals surface area contributed by atoms with Gasteiger partial charge in [-0.05, 0) is 66.4 Å². The van der Waals surface area contributed by atoms with E-state index in [0.717, 1.165) is 24.1 Å². The molecule has 154 valence electrons. The van der Waals surface area contributed by atoms with Crippen molar-refractivity contribution in [3.63, 3.8) is 0 Å². The minimum absolute atomic E-state index is 0.0322. The second kappa shape index (κ2) is 8.62. The summed E-state index contributed by atoms with van der Waals surface area (Å²) in [5, 5.41) is 18.9. The summed E-state index contributed by atoms with van der Waals surface area (Å²) in [5.74, 6) is -0.170. The number of rotatable bonds is 6. The van der Waals surface area contributed by atoms with Crippen LogP contribution >= 0.6 is 11.3 Å². The molecule has 4 rings (SSSR count). The van der Waals surface area contributed by atoms with Gasteiger partial charge >= 0.3 is 0 Å². The van der Waals surface area contributed by atoms with Gasteiger partial charge < -0.3 is 10.2 Å². The summed E-state index contributed by atoms with van der Waals surface area (Å²) < 4.78 is 0. The number of hydrogen-bond acceptors (Lipinski definition) is 6. The molecule has 8 heteroatoms. The zero-order valence-corrected chi connectivity index (χ0v) is 17.3. The van der Waals surface area contributed by atoms with Crippen LogP contribution in [0.2, 0.25) is 0 Å². The first-order valence-corrected chi connectivity index (χ1v) is 10.8. The zero-order valence-electron chi connectivity index (χ0n) is 16.5. The average molecular weight is 423 g/mol. The molecule has 3 heterocycles. The Kier molecular flexibility index (Phi) is 5.76. The normalized spacial score (nSPS) is 17.0. The third-order valence-corrected chi connectivity index (χ3v) is 6.09. The molecule has 2 aromatic heterocycles. The fourth-order valence-corrected chi connectivity index (χ4v) is 4.57. The lowest BCUT2D eigenvalue weighted by Crippen LogP contribution is -2.30. The minimum atomic E-state index is -0.454. The van der Waals surface area contributed by atoms with Crippen LogP contribution in [-0.4, -0.2) is 27.3 Å². The molecule has 1 aliphatic rings. The van der Waals surface area contributed by atoms with Crippen LogP contribution in [0.15, 0.2) is 59.4 Å². The highest BCUT2D eigenvalue weighted by atomic mass is 32.1. The molecule has 0 radical (unpaired) electrons. The van der Waals surface area contributed by atoms with Crippen molar-refractivity contribution in [2.75, 3.05) is 11.9 Å². The van der Waals surface area contributed by atoms with Crippen LogP contribution in [0.4, 0.5) is 11.4 Å². The van der Waals surface area contributed by atoms with Crippen molar-refractivity contribution in [3.05, 3.63) is 86.4 Å². The van der Waals surface area contributed by atoms with Crippen LogP contribution < -0.4 is 5.32 Å². The lowest BCUT2D eigenvalue weighted by molar-refractivity contribution is -0.384. The number of nitrogens with zero attached hydrogens (tertiary/aromatic N) is 3. The van der Waals surface area contributed by atoms with Crippen molar-refractivity contribution in [3.8, 4) is 0 Å². The molecule has 0 saturated carbocycles. The monoisotopic (exact) mass is 422 g/mol. The molecule has 2 atom stereocenters. The van der Waals surface area contributed by atoms with Crippen LogP contribution in [0.25, 0.3) is 0 Å². The molecule has 1 amide bonds. The van der Waals surface area contributed by atoms with Gasteiger partial charge in [0, 0.05) is 24.4 Å². The number of carbonyl (C=O) groups is 1. The van der Waals surface area contributed by atoms with Crippen molar-refractivity contribution in [2.24, 2.45) is 0 Å². The van der Waals surface area contributed by atoms with Gasteiger partial charge in [0.05, 0.1) is 22.7 Å². The molecule has 2 unspecified atom stereocenters. The van der Waals surface area contributed by atoms with Crippen LogP contribution in [0.3, 0.4) is 0 Å². The molecule has 30 heavy (non-hydrogen) atoms. The van der Waals surface area contributed by atoms with Gasteiger partial charge in [0.25, 0.3) is 11.6 Å². The number of likely N-dealkylation sites (tertiary alicyclic amines) is 1. The predicted molar refractivity (Wildman–Crippen MR) is 117 cm³/mol. The Morgan fingerprint density at radius 3 is 2.90 bits per heavy atom. The first-order valence-electron chi connectivity index (χ1n) is 9.83. The second-order valence-corrected chi connectivity index (χ2v) is 8.10. The lowest BCUT2D eigenvalue weighted by Gasteiger charge is -2.24. The molecule has 1 saturated heterocycles. The molecule has 7 nitrogen and oxygen atoms in total. The SMILES string of the molecule is CC(Nc1ccc(C(=O)N2CCCC2c2ccsc2)cc1[N+](=O)[O-])c1ccccn1. The standard InChI is InChI=1S/C22H22N4O3S/c1-15(18-5-2-3-10-23-18)24-19-8-7-16(13-21(19)26(28)29)22(27)25-11-4-6-20(25)17-9-12-30-14-17/h2-3,5,7-10,12-15,20,24H,4,6,11H2,1H3. The summed E-state index contributed by atoms with van der Waals surface area (Å²) in [7, 11) is 0. The molecule has 0 bridgehead atoms. The number of amides is 1. The van der Waals surface area contributed by atoms with Gasteiger partial charge in [-0.25, -0.2) is 0 Å². The molecule has 0 aliphatic carbocycles. The Hall–Kier alpha value is -3.26. The van der Waals surface area contributed by atoms with Crippen molar-refractivity contribution >= 4 is 28.6 Å². The number of thiophene rings is 1. The highest BCUT2D eigenvalue weighted by Crippen LogP contribution is 2.35. The first kappa shape index (κ1) is 20.0. The molecule has 1 N–H and O–H groups in total. The summed E-state index contributed by atoms with van der Waals surface area (Å²) in [5.41, 5.74) is 2.49. The zero-order chi connectivity index (χ0) is 21.1. The minimum Gasteiger partial charge on any atom is -0.371 e. The molecule has 0 spiro atoms. The Balaban J connectivity index is 1.58. The fraction of sp³-hybridized carbons (Fsp3) is 0.273.